The van der Waals surface area contributed by atoms with Gasteiger partial charge in [-0.3, -0.25) is 4.79 Å². The van der Waals surface area contributed by atoms with E-state index in [0.717, 1.165) is 0 Å². The molecule has 0 bridgehead atoms. The minimum atomic E-state index is -1.50. The number of carbonyl (C=O) groups excluding carboxylic acids is 1. The standard InChI is InChI=1S/C9H5ClN2O3.K/c10-8-6-4(1-2-11-8)5(3-12-6)7(13)9(14)15;/h1-3,12H,(H,14,15);. The van der Waals surface area contributed by atoms with Gasteiger partial charge in [0.15, 0.2) is 5.15 Å². The number of carboxylic acids is 1. The smallest absolute Gasteiger partial charge is 0.377 e. The summed E-state index contributed by atoms with van der Waals surface area (Å²) in [4.78, 5) is 28.3. The number of aromatic nitrogens is 2. The van der Waals surface area contributed by atoms with E-state index in [2.05, 4.69) is 9.97 Å². The number of carbonyl (C=O) groups is 2. The van der Waals surface area contributed by atoms with Crippen molar-refractivity contribution in [3.63, 3.8) is 0 Å². The number of aliphatic carboxylic acids is 1. The fourth-order valence-electron chi connectivity index (χ4n) is 1.32. The molecule has 0 amide bonds. The molecule has 16 heavy (non-hydrogen) atoms. The summed E-state index contributed by atoms with van der Waals surface area (Å²) in [5, 5.41) is 9.24. The van der Waals surface area contributed by atoms with E-state index in [1.807, 2.05) is 0 Å². The first-order valence-corrected chi connectivity index (χ1v) is 4.38. The SMILES string of the molecule is O=C(O)C(=O)c1c[nH]c2c(Cl)nccc12.[K]. The molecule has 2 N–H and O–H groups in total. The maximum Gasteiger partial charge on any atom is 0.377 e. The van der Waals surface area contributed by atoms with Crippen LogP contribution in [0.1, 0.15) is 10.4 Å². The largest absolute Gasteiger partial charge is 0.475 e. The predicted molar refractivity (Wildman–Crippen MR) is 58.8 cm³/mol. The molecule has 2 heterocycles. The molecule has 0 spiro atoms. The topological polar surface area (TPSA) is 83.0 Å². The van der Waals surface area contributed by atoms with Gasteiger partial charge in [0.2, 0.25) is 0 Å². The van der Waals surface area contributed by atoms with Crippen molar-refractivity contribution in [1.82, 2.24) is 9.97 Å². The van der Waals surface area contributed by atoms with Crippen LogP contribution in [0.25, 0.3) is 10.9 Å². The molecule has 77 valence electrons. The molecule has 0 saturated heterocycles. The van der Waals surface area contributed by atoms with E-state index in [-0.39, 0.29) is 62.1 Å². The van der Waals surface area contributed by atoms with Gasteiger partial charge in [0.25, 0.3) is 5.78 Å². The molecule has 0 aliphatic carbocycles. The molecular weight excluding hydrogens is 259 g/mol. The second kappa shape index (κ2) is 5.39. The number of fused-ring (bicyclic) bond motifs is 1. The molecule has 2 aromatic rings. The maximum absolute atomic E-state index is 11.2. The maximum atomic E-state index is 11.2. The molecule has 0 aliphatic rings. The van der Waals surface area contributed by atoms with Crippen molar-refractivity contribution in [3.8, 4) is 0 Å². The van der Waals surface area contributed by atoms with E-state index >= 15 is 0 Å². The molecule has 0 aromatic carbocycles. The Morgan fingerprint density at radius 2 is 2.12 bits per heavy atom. The Morgan fingerprint density at radius 3 is 2.75 bits per heavy atom. The minimum absolute atomic E-state index is 0. The summed E-state index contributed by atoms with van der Waals surface area (Å²) in [6.07, 6.45) is 2.73. The monoisotopic (exact) mass is 263 g/mol. The molecule has 7 heteroatoms. The first-order valence-electron chi connectivity index (χ1n) is 4.00. The zero-order valence-electron chi connectivity index (χ0n) is 8.32. The van der Waals surface area contributed by atoms with Crippen LogP contribution in [-0.2, 0) is 4.79 Å². The molecule has 2 aromatic heterocycles. The third kappa shape index (κ3) is 2.37. The third-order valence-corrected chi connectivity index (χ3v) is 2.28. The second-order valence-electron chi connectivity index (χ2n) is 2.86. The van der Waals surface area contributed by atoms with E-state index in [0.29, 0.717) is 10.9 Å². The molecule has 0 unspecified atom stereocenters. The first kappa shape index (κ1) is 13.8. The fraction of sp³-hybridized carbons (Fsp3) is 0. The molecule has 0 aliphatic heterocycles. The quantitative estimate of drug-likeness (QED) is 0.368. The number of carboxylic acid groups (broad SMARTS) is 1. The number of nitrogens with zero attached hydrogens (tertiary/aromatic N) is 1. The third-order valence-electron chi connectivity index (χ3n) is 1.99. The van der Waals surface area contributed by atoms with Crippen LogP contribution in [0.5, 0.6) is 0 Å². The number of rotatable bonds is 2. The Bertz CT molecular complexity index is 567. The van der Waals surface area contributed by atoms with Gasteiger partial charge in [-0.05, 0) is 6.07 Å². The van der Waals surface area contributed by atoms with Crippen molar-refractivity contribution in [3.05, 3.63) is 29.2 Å². The van der Waals surface area contributed by atoms with Crippen molar-refractivity contribution in [2.24, 2.45) is 0 Å². The van der Waals surface area contributed by atoms with Gasteiger partial charge < -0.3 is 10.1 Å². The number of halogens is 1. The van der Waals surface area contributed by atoms with E-state index in [1.165, 1.54) is 18.5 Å². The van der Waals surface area contributed by atoms with E-state index in [1.54, 1.807) is 0 Å². The zero-order chi connectivity index (χ0) is 11.0. The second-order valence-corrected chi connectivity index (χ2v) is 3.22. The van der Waals surface area contributed by atoms with Crippen LogP contribution in [-0.4, -0.2) is 78.2 Å². The molecule has 2 rings (SSSR count). The van der Waals surface area contributed by atoms with Crippen LogP contribution in [0.15, 0.2) is 18.5 Å². The van der Waals surface area contributed by atoms with Crippen molar-refractivity contribution in [2.75, 3.05) is 0 Å². The number of ketones is 1. The Labute approximate surface area is 138 Å². The van der Waals surface area contributed by atoms with E-state index in [4.69, 9.17) is 16.7 Å². The zero-order valence-corrected chi connectivity index (χ0v) is 12.2. The summed E-state index contributed by atoms with van der Waals surface area (Å²) in [6.45, 7) is 0. The number of nitrogens with one attached hydrogen (secondary N) is 1. The van der Waals surface area contributed by atoms with E-state index < -0.39 is 11.8 Å². The summed E-state index contributed by atoms with van der Waals surface area (Å²) < 4.78 is 0. The van der Waals surface area contributed by atoms with Crippen LogP contribution in [0, 0.1) is 0 Å². The van der Waals surface area contributed by atoms with Gasteiger partial charge in [0.1, 0.15) is 0 Å². The molecule has 1 radical (unpaired) electrons. The summed E-state index contributed by atoms with van der Waals surface area (Å²) >= 11 is 5.75. The van der Waals surface area contributed by atoms with Gasteiger partial charge in [0.05, 0.1) is 11.1 Å². The van der Waals surface area contributed by atoms with Gasteiger partial charge in [-0.2, -0.15) is 0 Å². The van der Waals surface area contributed by atoms with Crippen LogP contribution >= 0.6 is 11.6 Å². The van der Waals surface area contributed by atoms with E-state index in [9.17, 15) is 9.59 Å². The average molecular weight is 264 g/mol. The van der Waals surface area contributed by atoms with Crippen LogP contribution in [0.3, 0.4) is 0 Å². The average Bonchev–Trinajstić information content (AvgIpc) is 2.61. The summed E-state index contributed by atoms with van der Waals surface area (Å²) in [6, 6.07) is 1.54. The number of hydrogen-bond acceptors (Lipinski definition) is 3. The molecule has 0 fully saturated rings. The normalized spacial score (nSPS) is 9.81. The number of hydrogen-bond donors (Lipinski definition) is 2. The van der Waals surface area contributed by atoms with Gasteiger partial charge in [0, 0.05) is 69.2 Å². The summed E-state index contributed by atoms with van der Waals surface area (Å²) in [5.41, 5.74) is 0.547. The van der Waals surface area contributed by atoms with Crippen molar-refractivity contribution >= 4 is 85.6 Å². The molecular formula is C9H5ClKN2O3. The molecule has 5 nitrogen and oxygen atoms in total. The Kier molecular flexibility index (Phi) is 4.66. The number of aromatic amines is 1. The van der Waals surface area contributed by atoms with Gasteiger partial charge >= 0.3 is 5.97 Å². The fourth-order valence-corrected chi connectivity index (χ4v) is 1.54. The minimum Gasteiger partial charge on any atom is -0.475 e. The van der Waals surface area contributed by atoms with Crippen molar-refractivity contribution < 1.29 is 14.7 Å². The molecule has 0 atom stereocenters. The number of Topliss-reactive ketones (excluding diaryl/α,β-unsaturated/α-hetero) is 1. The Hall–Kier alpha value is -0.244. The van der Waals surface area contributed by atoms with Crippen LogP contribution in [0.2, 0.25) is 5.15 Å². The van der Waals surface area contributed by atoms with Gasteiger partial charge in [-0.25, -0.2) is 9.78 Å². The van der Waals surface area contributed by atoms with Crippen LogP contribution in [0.4, 0.5) is 0 Å². The van der Waals surface area contributed by atoms with Crippen LogP contribution < -0.4 is 0 Å². The number of H-pyrrole nitrogens is 1. The summed E-state index contributed by atoms with van der Waals surface area (Å²) in [7, 11) is 0. The number of pyridine rings is 1. The Morgan fingerprint density at radius 1 is 1.44 bits per heavy atom. The summed E-state index contributed by atoms with van der Waals surface area (Å²) in [5.74, 6) is -2.47. The first-order chi connectivity index (χ1) is 7.11. The molecule has 0 saturated carbocycles. The Balaban J connectivity index is 0.00000128. The van der Waals surface area contributed by atoms with Gasteiger partial charge in [-0.1, -0.05) is 11.6 Å². The van der Waals surface area contributed by atoms with Gasteiger partial charge in [-0.15, -0.1) is 0 Å². The van der Waals surface area contributed by atoms with Crippen molar-refractivity contribution in [2.45, 2.75) is 0 Å². The predicted octanol–water partition coefficient (Wildman–Crippen LogP) is 1.10. The van der Waals surface area contributed by atoms with Crippen molar-refractivity contribution in [1.29, 1.82) is 0 Å².